The van der Waals surface area contributed by atoms with Crippen LogP contribution in [0.15, 0.2) is 24.3 Å². The van der Waals surface area contributed by atoms with Crippen molar-refractivity contribution < 1.29 is 23.9 Å². The molecule has 0 saturated carbocycles. The van der Waals surface area contributed by atoms with Crippen molar-refractivity contribution >= 4 is 17.8 Å². The van der Waals surface area contributed by atoms with Crippen LogP contribution in [-0.2, 0) is 9.59 Å². The van der Waals surface area contributed by atoms with Gasteiger partial charge in [0, 0.05) is 31.6 Å². The molecule has 0 bridgehead atoms. The molecule has 1 aromatic carbocycles. The summed E-state index contributed by atoms with van der Waals surface area (Å²) < 4.78 is 13.0. The van der Waals surface area contributed by atoms with E-state index in [0.29, 0.717) is 31.6 Å². The first kappa shape index (κ1) is 20.9. The summed E-state index contributed by atoms with van der Waals surface area (Å²) >= 11 is 0. The fourth-order valence-electron chi connectivity index (χ4n) is 3.26. The number of carbonyl (C=O) groups is 3. The van der Waals surface area contributed by atoms with Gasteiger partial charge in [-0.3, -0.25) is 14.4 Å². The molecule has 6 nitrogen and oxygen atoms in total. The minimum atomic E-state index is -0.777. The summed E-state index contributed by atoms with van der Waals surface area (Å²) in [6.07, 6.45) is 4.89. The predicted octanol–water partition coefficient (Wildman–Crippen LogP) is 2.83. The SMILES string of the molecule is O=C(O)CCCCCCNC(=O)C1CCCN(C(=O)c2ccc(F)cc2)C1. The molecular formula is C20H27FN2O4. The van der Waals surface area contributed by atoms with Gasteiger partial charge < -0.3 is 15.3 Å². The molecule has 0 aromatic heterocycles. The first-order valence-electron chi connectivity index (χ1n) is 9.51. The maximum Gasteiger partial charge on any atom is 0.303 e. The molecule has 1 unspecified atom stereocenters. The average molecular weight is 378 g/mol. The normalized spacial score (nSPS) is 16.8. The van der Waals surface area contributed by atoms with Gasteiger partial charge in [0.05, 0.1) is 5.92 Å². The van der Waals surface area contributed by atoms with E-state index in [9.17, 15) is 18.8 Å². The van der Waals surface area contributed by atoms with Gasteiger partial charge in [-0.1, -0.05) is 12.8 Å². The zero-order valence-corrected chi connectivity index (χ0v) is 15.5. The van der Waals surface area contributed by atoms with Gasteiger partial charge in [0.15, 0.2) is 0 Å². The third-order valence-electron chi connectivity index (χ3n) is 4.79. The number of unbranched alkanes of at least 4 members (excludes halogenated alkanes) is 3. The maximum atomic E-state index is 13.0. The Morgan fingerprint density at radius 1 is 1.11 bits per heavy atom. The van der Waals surface area contributed by atoms with Gasteiger partial charge in [-0.2, -0.15) is 0 Å². The average Bonchev–Trinajstić information content (AvgIpc) is 2.67. The van der Waals surface area contributed by atoms with E-state index >= 15 is 0 Å². The molecule has 2 rings (SSSR count). The predicted molar refractivity (Wildman–Crippen MR) is 98.8 cm³/mol. The van der Waals surface area contributed by atoms with E-state index < -0.39 is 5.97 Å². The number of piperidine rings is 1. The van der Waals surface area contributed by atoms with Crippen molar-refractivity contribution in [1.29, 1.82) is 0 Å². The second-order valence-electron chi connectivity index (χ2n) is 6.95. The van der Waals surface area contributed by atoms with Gasteiger partial charge in [0.2, 0.25) is 5.91 Å². The van der Waals surface area contributed by atoms with E-state index in [1.54, 1.807) is 4.90 Å². The third-order valence-corrected chi connectivity index (χ3v) is 4.79. The number of rotatable bonds is 9. The number of carboxylic acids is 1. The Hall–Kier alpha value is -2.44. The van der Waals surface area contributed by atoms with E-state index in [-0.39, 0.29) is 30.0 Å². The van der Waals surface area contributed by atoms with E-state index in [1.165, 1.54) is 24.3 Å². The van der Waals surface area contributed by atoms with Crippen molar-refractivity contribution in [2.75, 3.05) is 19.6 Å². The summed E-state index contributed by atoms with van der Waals surface area (Å²) in [4.78, 5) is 37.0. The molecule has 0 spiro atoms. The molecule has 27 heavy (non-hydrogen) atoms. The standard InChI is InChI=1S/C20H27FN2O4/c21-17-10-8-15(9-11-17)20(27)23-13-5-6-16(14-23)19(26)22-12-4-2-1-3-7-18(24)25/h8-11,16H,1-7,12-14H2,(H,22,26)(H,24,25). The van der Waals surface area contributed by atoms with Gasteiger partial charge in [-0.05, 0) is 49.9 Å². The minimum absolute atomic E-state index is 0.0443. The summed E-state index contributed by atoms with van der Waals surface area (Å²) in [5.74, 6) is -1.61. The number of halogens is 1. The Morgan fingerprint density at radius 3 is 2.52 bits per heavy atom. The molecule has 1 aromatic rings. The highest BCUT2D eigenvalue weighted by atomic mass is 19.1. The fourth-order valence-corrected chi connectivity index (χ4v) is 3.26. The van der Waals surface area contributed by atoms with Gasteiger partial charge >= 0.3 is 5.97 Å². The van der Waals surface area contributed by atoms with Gasteiger partial charge in [-0.15, -0.1) is 0 Å². The first-order chi connectivity index (χ1) is 13.0. The molecule has 2 amide bonds. The van der Waals surface area contributed by atoms with E-state index in [2.05, 4.69) is 5.32 Å². The first-order valence-corrected chi connectivity index (χ1v) is 9.51. The lowest BCUT2D eigenvalue weighted by atomic mass is 9.96. The molecule has 7 heteroatoms. The lowest BCUT2D eigenvalue weighted by Crippen LogP contribution is -2.45. The van der Waals surface area contributed by atoms with Crippen LogP contribution < -0.4 is 5.32 Å². The van der Waals surface area contributed by atoms with E-state index in [0.717, 1.165) is 32.1 Å². The van der Waals surface area contributed by atoms with Crippen molar-refractivity contribution in [1.82, 2.24) is 10.2 Å². The van der Waals surface area contributed by atoms with Gasteiger partial charge in [-0.25, -0.2) is 4.39 Å². The highest BCUT2D eigenvalue weighted by Crippen LogP contribution is 2.19. The van der Waals surface area contributed by atoms with Crippen LogP contribution >= 0.6 is 0 Å². The van der Waals surface area contributed by atoms with Crippen molar-refractivity contribution in [2.45, 2.75) is 44.9 Å². The quantitative estimate of drug-likeness (QED) is 0.647. The third kappa shape index (κ3) is 7.00. The Balaban J connectivity index is 1.71. The second-order valence-corrected chi connectivity index (χ2v) is 6.95. The number of amides is 2. The Labute approximate surface area is 158 Å². The lowest BCUT2D eigenvalue weighted by Gasteiger charge is -2.32. The van der Waals surface area contributed by atoms with Crippen LogP contribution in [0.2, 0.25) is 0 Å². The number of hydrogen-bond acceptors (Lipinski definition) is 3. The largest absolute Gasteiger partial charge is 0.481 e. The maximum absolute atomic E-state index is 13.0. The van der Waals surface area contributed by atoms with Crippen LogP contribution in [0.25, 0.3) is 0 Å². The molecule has 1 aliphatic heterocycles. The van der Waals surface area contributed by atoms with Crippen molar-refractivity contribution in [3.63, 3.8) is 0 Å². The fraction of sp³-hybridized carbons (Fsp3) is 0.550. The van der Waals surface area contributed by atoms with Gasteiger partial charge in [0.25, 0.3) is 5.91 Å². The van der Waals surface area contributed by atoms with E-state index in [1.807, 2.05) is 0 Å². The molecule has 1 fully saturated rings. The zero-order chi connectivity index (χ0) is 19.6. The van der Waals surface area contributed by atoms with Crippen molar-refractivity contribution in [2.24, 2.45) is 5.92 Å². The molecular weight excluding hydrogens is 351 g/mol. The van der Waals surface area contributed by atoms with Crippen LogP contribution in [0.4, 0.5) is 4.39 Å². The molecule has 1 saturated heterocycles. The summed E-state index contributed by atoms with van der Waals surface area (Å²) in [6.45, 7) is 1.54. The monoisotopic (exact) mass is 378 g/mol. The molecule has 1 aliphatic rings. The number of aliphatic carboxylic acids is 1. The topological polar surface area (TPSA) is 86.7 Å². The number of benzene rings is 1. The summed E-state index contributed by atoms with van der Waals surface area (Å²) in [5.41, 5.74) is 0.429. The summed E-state index contributed by atoms with van der Waals surface area (Å²) in [5, 5.41) is 11.5. The summed E-state index contributed by atoms with van der Waals surface area (Å²) in [6, 6.07) is 5.45. The number of nitrogens with one attached hydrogen (secondary N) is 1. The highest BCUT2D eigenvalue weighted by Gasteiger charge is 2.28. The Bertz CT molecular complexity index is 648. The second kappa shape index (κ2) is 10.6. The lowest BCUT2D eigenvalue weighted by molar-refractivity contribution is -0.137. The smallest absolute Gasteiger partial charge is 0.303 e. The number of carbonyl (C=O) groups excluding carboxylic acids is 2. The van der Waals surface area contributed by atoms with Crippen LogP contribution in [-0.4, -0.2) is 47.4 Å². The van der Waals surface area contributed by atoms with E-state index in [4.69, 9.17) is 5.11 Å². The summed E-state index contributed by atoms with van der Waals surface area (Å²) in [7, 11) is 0. The Kier molecular flexibility index (Phi) is 8.23. The zero-order valence-electron chi connectivity index (χ0n) is 15.5. The molecule has 0 radical (unpaired) electrons. The van der Waals surface area contributed by atoms with Crippen molar-refractivity contribution in [3.8, 4) is 0 Å². The number of hydrogen-bond donors (Lipinski definition) is 2. The van der Waals surface area contributed by atoms with Crippen LogP contribution in [0.5, 0.6) is 0 Å². The Morgan fingerprint density at radius 2 is 1.81 bits per heavy atom. The minimum Gasteiger partial charge on any atom is -0.481 e. The molecule has 148 valence electrons. The van der Waals surface area contributed by atoms with Crippen LogP contribution in [0, 0.1) is 11.7 Å². The van der Waals surface area contributed by atoms with Crippen LogP contribution in [0.3, 0.4) is 0 Å². The number of likely N-dealkylation sites (tertiary alicyclic amines) is 1. The molecule has 1 atom stereocenters. The van der Waals surface area contributed by atoms with Crippen molar-refractivity contribution in [3.05, 3.63) is 35.6 Å². The van der Waals surface area contributed by atoms with Gasteiger partial charge in [0.1, 0.15) is 5.82 Å². The molecule has 1 heterocycles. The molecule has 0 aliphatic carbocycles. The number of nitrogens with zero attached hydrogens (tertiary/aromatic N) is 1. The molecule has 2 N–H and O–H groups in total. The van der Waals surface area contributed by atoms with Crippen LogP contribution in [0.1, 0.15) is 55.3 Å². The highest BCUT2D eigenvalue weighted by molar-refractivity contribution is 5.94. The number of carboxylic acid groups (broad SMARTS) is 1.